The van der Waals surface area contributed by atoms with Gasteiger partial charge in [-0.2, -0.15) is 0 Å². The minimum atomic E-state index is -0.545. The van der Waals surface area contributed by atoms with Crippen molar-refractivity contribution >= 4 is 21.8 Å². The summed E-state index contributed by atoms with van der Waals surface area (Å²) in [4.78, 5) is 11.8. The minimum absolute atomic E-state index is 0.0372. The smallest absolute Gasteiger partial charge is 0.254 e. The van der Waals surface area contributed by atoms with Gasteiger partial charge in [-0.1, -0.05) is 11.3 Å². The molecule has 7 heteroatoms. The lowest BCUT2D eigenvalue weighted by molar-refractivity contribution is 0.0948. The minimum Gasteiger partial charge on any atom is -0.352 e. The second-order valence-corrected chi connectivity index (χ2v) is 4.73. The average Bonchev–Trinajstić information content (AvgIpc) is 2.91. The Morgan fingerprint density at radius 3 is 3.05 bits per heavy atom. The molecule has 0 spiro atoms. The van der Waals surface area contributed by atoms with Crippen LogP contribution in [0.25, 0.3) is 0 Å². The molecule has 5 nitrogen and oxygen atoms in total. The number of amides is 1. The number of aryl methyl sites for hydroxylation is 1. The van der Waals surface area contributed by atoms with E-state index < -0.39 is 11.7 Å². The molecule has 100 valence electrons. The van der Waals surface area contributed by atoms with Crippen LogP contribution in [0.5, 0.6) is 0 Å². The Kier molecular flexibility index (Phi) is 4.62. The van der Waals surface area contributed by atoms with E-state index in [9.17, 15) is 9.18 Å². The van der Waals surface area contributed by atoms with E-state index in [0.29, 0.717) is 19.5 Å². The van der Waals surface area contributed by atoms with Gasteiger partial charge in [0.25, 0.3) is 5.91 Å². The molecule has 0 bridgehead atoms. The first-order chi connectivity index (χ1) is 9.18. The van der Waals surface area contributed by atoms with Gasteiger partial charge in [-0.25, -0.2) is 4.39 Å². The van der Waals surface area contributed by atoms with Gasteiger partial charge in [0.15, 0.2) is 0 Å². The largest absolute Gasteiger partial charge is 0.352 e. The topological polar surface area (TPSA) is 59.8 Å². The molecule has 2 rings (SSSR count). The van der Waals surface area contributed by atoms with Crippen LogP contribution in [0, 0.1) is 5.82 Å². The van der Waals surface area contributed by atoms with Crippen LogP contribution in [0.1, 0.15) is 16.8 Å². The lowest BCUT2D eigenvalue weighted by atomic mass is 10.2. The fourth-order valence-electron chi connectivity index (χ4n) is 1.57. The van der Waals surface area contributed by atoms with E-state index >= 15 is 0 Å². The van der Waals surface area contributed by atoms with Gasteiger partial charge in [0.05, 0.1) is 16.2 Å². The Morgan fingerprint density at radius 1 is 1.47 bits per heavy atom. The first-order valence-corrected chi connectivity index (χ1v) is 6.54. The number of rotatable bonds is 5. The fourth-order valence-corrected chi connectivity index (χ4v) is 1.94. The molecule has 0 aliphatic heterocycles. The number of hydrogen-bond acceptors (Lipinski definition) is 3. The van der Waals surface area contributed by atoms with Crippen LogP contribution in [0.4, 0.5) is 4.39 Å². The summed E-state index contributed by atoms with van der Waals surface area (Å²) in [6.07, 6.45) is 4.04. The number of aromatic nitrogens is 3. The molecule has 1 aromatic carbocycles. The van der Waals surface area contributed by atoms with Crippen LogP contribution in [-0.2, 0) is 6.54 Å². The van der Waals surface area contributed by atoms with Gasteiger partial charge in [0.2, 0.25) is 0 Å². The molecule has 0 aliphatic carbocycles. The van der Waals surface area contributed by atoms with Crippen molar-refractivity contribution in [2.45, 2.75) is 13.0 Å². The first-order valence-electron chi connectivity index (χ1n) is 5.75. The Morgan fingerprint density at radius 2 is 2.32 bits per heavy atom. The van der Waals surface area contributed by atoms with Crippen LogP contribution < -0.4 is 5.32 Å². The maximum absolute atomic E-state index is 13.7. The number of nitrogens with one attached hydrogen (secondary N) is 1. The summed E-state index contributed by atoms with van der Waals surface area (Å²) in [6.45, 7) is 1.10. The maximum atomic E-state index is 13.7. The molecule has 19 heavy (non-hydrogen) atoms. The molecule has 1 aromatic heterocycles. The SMILES string of the molecule is O=C(NCCCn1ccnn1)c1cccc(Br)c1F. The molecule has 2 aromatic rings. The zero-order valence-corrected chi connectivity index (χ0v) is 11.6. The third-order valence-electron chi connectivity index (χ3n) is 2.52. The van der Waals surface area contributed by atoms with Crippen molar-refractivity contribution in [1.29, 1.82) is 0 Å². The average molecular weight is 327 g/mol. The van der Waals surface area contributed by atoms with Crippen LogP contribution in [0.3, 0.4) is 0 Å². The first kappa shape index (κ1) is 13.7. The molecule has 0 atom stereocenters. The summed E-state index contributed by atoms with van der Waals surface area (Å²) in [7, 11) is 0. The zero-order valence-electron chi connectivity index (χ0n) is 10.0. The van der Waals surface area contributed by atoms with Gasteiger partial charge in [0.1, 0.15) is 5.82 Å². The number of nitrogens with zero attached hydrogens (tertiary/aromatic N) is 3. The van der Waals surface area contributed by atoms with Gasteiger partial charge >= 0.3 is 0 Å². The number of hydrogen-bond donors (Lipinski definition) is 1. The second-order valence-electron chi connectivity index (χ2n) is 3.88. The van der Waals surface area contributed by atoms with Crippen LogP contribution >= 0.6 is 15.9 Å². The highest BCUT2D eigenvalue weighted by Gasteiger charge is 2.12. The van der Waals surface area contributed by atoms with Gasteiger partial charge in [-0.05, 0) is 34.5 Å². The molecule has 1 heterocycles. The van der Waals surface area contributed by atoms with Gasteiger partial charge in [-0.15, -0.1) is 5.10 Å². The highest BCUT2D eigenvalue weighted by molar-refractivity contribution is 9.10. The normalized spacial score (nSPS) is 10.4. The lowest BCUT2D eigenvalue weighted by Crippen LogP contribution is -2.26. The highest BCUT2D eigenvalue weighted by Crippen LogP contribution is 2.18. The molecule has 0 radical (unpaired) electrons. The van der Waals surface area contributed by atoms with Crippen molar-refractivity contribution in [3.05, 3.63) is 46.4 Å². The third-order valence-corrected chi connectivity index (χ3v) is 3.13. The molecule has 0 saturated heterocycles. The van der Waals surface area contributed by atoms with E-state index in [4.69, 9.17) is 0 Å². The van der Waals surface area contributed by atoms with Crippen molar-refractivity contribution in [3.8, 4) is 0 Å². The standard InChI is InChI=1S/C12H12BrFN4O/c13-10-4-1-3-9(11(10)14)12(19)15-5-2-7-18-8-6-16-17-18/h1,3-4,6,8H,2,5,7H2,(H,15,19). The van der Waals surface area contributed by atoms with Crippen LogP contribution in [0.2, 0.25) is 0 Å². The van der Waals surface area contributed by atoms with Crippen molar-refractivity contribution in [2.75, 3.05) is 6.54 Å². The Bertz CT molecular complexity index is 559. The number of halogens is 2. The van der Waals surface area contributed by atoms with Crippen molar-refractivity contribution < 1.29 is 9.18 Å². The van der Waals surface area contributed by atoms with Gasteiger partial charge in [-0.3, -0.25) is 9.48 Å². The number of benzene rings is 1. The van der Waals surface area contributed by atoms with E-state index in [0.717, 1.165) is 0 Å². The van der Waals surface area contributed by atoms with E-state index in [1.165, 1.54) is 6.07 Å². The van der Waals surface area contributed by atoms with Crippen molar-refractivity contribution in [2.24, 2.45) is 0 Å². The molecule has 0 saturated carbocycles. The van der Waals surface area contributed by atoms with Crippen LogP contribution in [0.15, 0.2) is 35.1 Å². The summed E-state index contributed by atoms with van der Waals surface area (Å²) < 4.78 is 15.6. The molecular formula is C12H12BrFN4O. The van der Waals surface area contributed by atoms with Gasteiger partial charge < -0.3 is 5.32 Å². The Labute approximate surface area is 117 Å². The number of carbonyl (C=O) groups is 1. The number of carbonyl (C=O) groups excluding carboxylic acids is 1. The molecule has 1 amide bonds. The van der Waals surface area contributed by atoms with E-state index in [2.05, 4.69) is 31.6 Å². The summed E-state index contributed by atoms with van der Waals surface area (Å²) in [5.74, 6) is -0.964. The molecule has 0 aliphatic rings. The second kappa shape index (κ2) is 6.42. The summed E-state index contributed by atoms with van der Waals surface area (Å²) in [5.41, 5.74) is 0.0372. The predicted molar refractivity (Wildman–Crippen MR) is 71.1 cm³/mol. The van der Waals surface area contributed by atoms with Gasteiger partial charge in [0, 0.05) is 19.3 Å². The van der Waals surface area contributed by atoms with Crippen LogP contribution in [-0.4, -0.2) is 27.4 Å². The quantitative estimate of drug-likeness (QED) is 0.855. The fraction of sp³-hybridized carbons (Fsp3) is 0.250. The maximum Gasteiger partial charge on any atom is 0.254 e. The third kappa shape index (κ3) is 3.60. The molecular weight excluding hydrogens is 315 g/mol. The summed E-state index contributed by atoms with van der Waals surface area (Å²) >= 11 is 3.05. The molecule has 1 N–H and O–H groups in total. The molecule has 0 unspecified atom stereocenters. The predicted octanol–water partition coefficient (Wildman–Crippen LogP) is 2.00. The monoisotopic (exact) mass is 326 g/mol. The van der Waals surface area contributed by atoms with E-state index in [-0.39, 0.29) is 10.0 Å². The van der Waals surface area contributed by atoms with E-state index in [1.807, 2.05) is 0 Å². The van der Waals surface area contributed by atoms with Crippen molar-refractivity contribution in [3.63, 3.8) is 0 Å². The van der Waals surface area contributed by atoms with E-state index in [1.54, 1.807) is 29.2 Å². The Balaban J connectivity index is 1.83. The summed E-state index contributed by atoms with van der Waals surface area (Å²) in [5, 5.41) is 10.1. The molecule has 0 fully saturated rings. The summed E-state index contributed by atoms with van der Waals surface area (Å²) in [6, 6.07) is 4.63. The lowest BCUT2D eigenvalue weighted by Gasteiger charge is -2.06. The van der Waals surface area contributed by atoms with Crippen molar-refractivity contribution in [1.82, 2.24) is 20.3 Å². The zero-order chi connectivity index (χ0) is 13.7. The Hall–Kier alpha value is -1.76. The highest BCUT2D eigenvalue weighted by atomic mass is 79.9.